The molecule has 32 heavy (non-hydrogen) atoms. The maximum Gasteiger partial charge on any atom is 0.161 e. The number of methoxy groups -OCH3 is 1. The van der Waals surface area contributed by atoms with Crippen LogP contribution in [0.4, 0.5) is 0 Å². The monoisotopic (exact) mass is 441 g/mol. The van der Waals surface area contributed by atoms with E-state index in [2.05, 4.69) is 28.2 Å². The van der Waals surface area contributed by atoms with Gasteiger partial charge in [0.2, 0.25) is 0 Å². The number of benzene rings is 1. The van der Waals surface area contributed by atoms with E-state index in [9.17, 15) is 5.11 Å². The maximum atomic E-state index is 10.5. The van der Waals surface area contributed by atoms with Crippen LogP contribution in [0.1, 0.15) is 48.9 Å². The first-order valence-corrected chi connectivity index (χ1v) is 12.0. The minimum atomic E-state index is -0.512. The van der Waals surface area contributed by atoms with Gasteiger partial charge in [0, 0.05) is 37.9 Å². The molecule has 1 aliphatic heterocycles. The molecule has 1 aliphatic rings. The van der Waals surface area contributed by atoms with E-state index in [1.807, 2.05) is 30.5 Å². The van der Waals surface area contributed by atoms with Crippen LogP contribution < -0.4 is 14.8 Å². The van der Waals surface area contributed by atoms with Gasteiger partial charge in [-0.05, 0) is 62.2 Å². The Kier molecular flexibility index (Phi) is 10.3. The summed E-state index contributed by atoms with van der Waals surface area (Å²) in [5.41, 5.74) is 3.48. The van der Waals surface area contributed by atoms with Crippen molar-refractivity contribution in [3.8, 4) is 11.5 Å². The van der Waals surface area contributed by atoms with Crippen LogP contribution in [0.2, 0.25) is 0 Å². The highest BCUT2D eigenvalue weighted by Gasteiger charge is 2.15. The van der Waals surface area contributed by atoms with Crippen molar-refractivity contribution >= 4 is 0 Å². The van der Waals surface area contributed by atoms with Gasteiger partial charge in [0.25, 0.3) is 0 Å². The molecule has 0 aliphatic carbocycles. The number of pyridine rings is 1. The summed E-state index contributed by atoms with van der Waals surface area (Å²) in [5.74, 6) is 1.37. The van der Waals surface area contributed by atoms with Gasteiger partial charge in [-0.3, -0.25) is 4.98 Å². The molecule has 0 radical (unpaired) electrons. The summed E-state index contributed by atoms with van der Waals surface area (Å²) >= 11 is 0. The Balaban J connectivity index is 1.46. The number of ether oxygens (including phenoxy) is 2. The van der Waals surface area contributed by atoms with Crippen molar-refractivity contribution in [1.29, 1.82) is 0 Å². The smallest absolute Gasteiger partial charge is 0.161 e. The minimum absolute atomic E-state index is 0.267. The van der Waals surface area contributed by atoms with Gasteiger partial charge in [0.15, 0.2) is 11.5 Å². The van der Waals surface area contributed by atoms with Crippen LogP contribution >= 0.6 is 0 Å². The molecule has 0 saturated carbocycles. The molecule has 2 aromatic rings. The van der Waals surface area contributed by atoms with E-state index in [1.54, 1.807) is 7.11 Å². The number of β-amino-alcohol motifs (C(OH)–C–C–N with tert-alkyl or cyclic N) is 1. The van der Waals surface area contributed by atoms with Crippen LogP contribution in [0.25, 0.3) is 0 Å². The summed E-state index contributed by atoms with van der Waals surface area (Å²) in [4.78, 5) is 6.82. The molecule has 1 atom stereocenters. The normalized spacial score (nSPS) is 16.2. The first-order valence-electron chi connectivity index (χ1n) is 12.0. The topological polar surface area (TPSA) is 66.8 Å². The predicted molar refractivity (Wildman–Crippen MR) is 128 cm³/mol. The van der Waals surface area contributed by atoms with Crippen LogP contribution in [0.15, 0.2) is 36.5 Å². The van der Waals surface area contributed by atoms with Gasteiger partial charge in [0.05, 0.1) is 7.11 Å². The highest BCUT2D eigenvalue weighted by molar-refractivity contribution is 5.43. The van der Waals surface area contributed by atoms with E-state index in [-0.39, 0.29) is 6.61 Å². The molecule has 0 amide bonds. The first-order chi connectivity index (χ1) is 15.7. The second-order valence-electron chi connectivity index (χ2n) is 8.71. The lowest BCUT2D eigenvalue weighted by Gasteiger charge is -2.26. The lowest BCUT2D eigenvalue weighted by atomic mass is 10.1. The highest BCUT2D eigenvalue weighted by Crippen LogP contribution is 2.28. The molecule has 2 heterocycles. The van der Waals surface area contributed by atoms with Gasteiger partial charge >= 0.3 is 0 Å². The summed E-state index contributed by atoms with van der Waals surface area (Å²) < 4.78 is 11.4. The molecule has 176 valence electrons. The SMILES string of the molecule is COc1ccc(CNCCc2ncccc2C)cc1OC[C@@H](O)CN1CCCCCCC1. The number of aliphatic hydroxyl groups excluding tert-OH is 1. The number of likely N-dealkylation sites (tertiary alicyclic amines) is 1. The summed E-state index contributed by atoms with van der Waals surface area (Å²) in [6.45, 7) is 6.76. The highest BCUT2D eigenvalue weighted by atomic mass is 16.5. The number of hydrogen-bond donors (Lipinski definition) is 2. The van der Waals surface area contributed by atoms with Crippen molar-refractivity contribution in [2.45, 2.75) is 58.1 Å². The summed E-state index contributed by atoms with van der Waals surface area (Å²) in [5, 5.41) is 14.0. The number of aryl methyl sites for hydroxylation is 1. The molecule has 0 spiro atoms. The van der Waals surface area contributed by atoms with Gasteiger partial charge in [-0.2, -0.15) is 0 Å². The van der Waals surface area contributed by atoms with Gasteiger partial charge < -0.3 is 24.8 Å². The molecule has 2 N–H and O–H groups in total. The van der Waals surface area contributed by atoms with E-state index < -0.39 is 6.10 Å². The third-order valence-electron chi connectivity index (χ3n) is 6.06. The molecule has 3 rings (SSSR count). The Bertz CT molecular complexity index is 807. The quantitative estimate of drug-likeness (QED) is 0.518. The number of nitrogens with one attached hydrogen (secondary N) is 1. The average molecular weight is 442 g/mol. The Hall–Kier alpha value is -2.15. The van der Waals surface area contributed by atoms with Crippen molar-refractivity contribution in [2.24, 2.45) is 0 Å². The van der Waals surface area contributed by atoms with Crippen molar-refractivity contribution < 1.29 is 14.6 Å². The number of rotatable bonds is 11. The second kappa shape index (κ2) is 13.4. The average Bonchev–Trinajstić information content (AvgIpc) is 2.78. The molecule has 1 aromatic heterocycles. The van der Waals surface area contributed by atoms with Crippen LogP contribution in [-0.2, 0) is 13.0 Å². The lowest BCUT2D eigenvalue weighted by molar-refractivity contribution is 0.0644. The second-order valence-corrected chi connectivity index (χ2v) is 8.71. The summed E-state index contributed by atoms with van der Waals surface area (Å²) in [6.07, 6.45) is 8.60. The van der Waals surface area contributed by atoms with Crippen molar-refractivity contribution in [2.75, 3.05) is 39.9 Å². The van der Waals surface area contributed by atoms with E-state index >= 15 is 0 Å². The Morgan fingerprint density at radius 1 is 1.09 bits per heavy atom. The van der Waals surface area contributed by atoms with Crippen molar-refractivity contribution in [3.63, 3.8) is 0 Å². The predicted octanol–water partition coefficient (Wildman–Crippen LogP) is 3.74. The van der Waals surface area contributed by atoms with Crippen LogP contribution in [0.5, 0.6) is 11.5 Å². The zero-order valence-electron chi connectivity index (χ0n) is 19.7. The number of hydrogen-bond acceptors (Lipinski definition) is 6. The number of nitrogens with zero attached hydrogens (tertiary/aromatic N) is 2. The van der Waals surface area contributed by atoms with Gasteiger partial charge in [-0.15, -0.1) is 0 Å². The molecule has 0 unspecified atom stereocenters. The molecule has 6 nitrogen and oxygen atoms in total. The standard InChI is InChI=1S/C26H39N3O3/c1-21-9-8-13-28-24(21)12-14-27-18-22-10-11-25(31-2)26(17-22)32-20-23(30)19-29-15-6-4-3-5-7-16-29/h8-11,13,17,23,27,30H,3-7,12,14-16,18-20H2,1-2H3/t23-/m0/s1. The lowest BCUT2D eigenvalue weighted by Crippen LogP contribution is -2.37. The largest absolute Gasteiger partial charge is 0.493 e. The Morgan fingerprint density at radius 3 is 2.62 bits per heavy atom. The molecule has 1 fully saturated rings. The summed E-state index contributed by atoms with van der Waals surface area (Å²) in [7, 11) is 1.64. The number of aliphatic hydroxyl groups is 1. The zero-order chi connectivity index (χ0) is 22.6. The van der Waals surface area contributed by atoms with Crippen LogP contribution in [-0.4, -0.2) is 61.0 Å². The fourth-order valence-corrected chi connectivity index (χ4v) is 4.20. The third-order valence-corrected chi connectivity index (χ3v) is 6.06. The number of aromatic nitrogens is 1. The van der Waals surface area contributed by atoms with Gasteiger partial charge in [0.1, 0.15) is 12.7 Å². The Morgan fingerprint density at radius 2 is 1.88 bits per heavy atom. The molecule has 1 aromatic carbocycles. The summed E-state index contributed by atoms with van der Waals surface area (Å²) in [6, 6.07) is 10.0. The molecule has 1 saturated heterocycles. The molecule has 6 heteroatoms. The van der Waals surface area contributed by atoms with E-state index in [0.717, 1.165) is 43.9 Å². The van der Waals surface area contributed by atoms with Crippen molar-refractivity contribution in [3.05, 3.63) is 53.3 Å². The van der Waals surface area contributed by atoms with E-state index in [4.69, 9.17) is 9.47 Å². The van der Waals surface area contributed by atoms with E-state index in [1.165, 1.54) is 37.7 Å². The van der Waals surface area contributed by atoms with Gasteiger partial charge in [-0.1, -0.05) is 31.4 Å². The van der Waals surface area contributed by atoms with E-state index in [0.29, 0.717) is 18.0 Å². The van der Waals surface area contributed by atoms with Crippen LogP contribution in [0.3, 0.4) is 0 Å². The minimum Gasteiger partial charge on any atom is -0.493 e. The Labute approximate surface area is 193 Å². The molecular weight excluding hydrogens is 402 g/mol. The van der Waals surface area contributed by atoms with Crippen LogP contribution in [0, 0.1) is 6.92 Å². The third kappa shape index (κ3) is 8.08. The maximum absolute atomic E-state index is 10.5. The van der Waals surface area contributed by atoms with Gasteiger partial charge in [-0.25, -0.2) is 0 Å². The first kappa shape index (κ1) is 24.5. The fraction of sp³-hybridized carbons (Fsp3) is 0.577. The molecular formula is C26H39N3O3. The van der Waals surface area contributed by atoms with Crippen molar-refractivity contribution in [1.82, 2.24) is 15.2 Å². The molecule has 0 bridgehead atoms. The zero-order valence-corrected chi connectivity index (χ0v) is 19.7. The fourth-order valence-electron chi connectivity index (χ4n) is 4.20.